The minimum atomic E-state index is 0.241. The standard InChI is InChI=1S/C22H44N4/c1-21(2,3)25-13-17-9-7-11-19(23-17)15-26(22(4,5)6)16-20-12-8-10-18(14-25)24-20/h17-20,23-24H,7-16H2,1-6H3. The van der Waals surface area contributed by atoms with Crippen LogP contribution in [0.25, 0.3) is 0 Å². The summed E-state index contributed by atoms with van der Waals surface area (Å²) in [4.78, 5) is 5.49. The van der Waals surface area contributed by atoms with Crippen molar-refractivity contribution in [3.05, 3.63) is 0 Å². The largest absolute Gasteiger partial charge is 0.309 e. The summed E-state index contributed by atoms with van der Waals surface area (Å²) in [5, 5.41) is 8.07. The first kappa shape index (κ1) is 20.6. The quantitative estimate of drug-likeness (QED) is 0.691. The zero-order chi connectivity index (χ0) is 18.9. The molecular formula is C22H44N4. The minimum absolute atomic E-state index is 0.241. The average Bonchev–Trinajstić information content (AvgIpc) is 2.52. The summed E-state index contributed by atoms with van der Waals surface area (Å²) < 4.78 is 0. The number of nitrogens with zero attached hydrogens (tertiary/aromatic N) is 2. The topological polar surface area (TPSA) is 30.5 Å². The lowest BCUT2D eigenvalue weighted by Crippen LogP contribution is -2.62. The molecule has 0 aromatic heterocycles. The molecule has 4 bridgehead atoms. The SMILES string of the molecule is CC(C)(C)N1CC2CCCC(CN(C(C)(C)C)CC3CCCC(C1)N3)N2. The Hall–Kier alpha value is -0.160. The third-order valence-electron chi connectivity index (χ3n) is 6.81. The molecule has 26 heavy (non-hydrogen) atoms. The van der Waals surface area contributed by atoms with E-state index in [-0.39, 0.29) is 11.1 Å². The van der Waals surface area contributed by atoms with E-state index in [4.69, 9.17) is 0 Å². The van der Waals surface area contributed by atoms with E-state index in [0.717, 1.165) is 0 Å². The first-order valence-corrected chi connectivity index (χ1v) is 11.1. The van der Waals surface area contributed by atoms with Crippen LogP contribution in [0.1, 0.15) is 80.1 Å². The van der Waals surface area contributed by atoms with Crippen LogP contribution in [0.4, 0.5) is 0 Å². The van der Waals surface area contributed by atoms with Crippen LogP contribution >= 0.6 is 0 Å². The van der Waals surface area contributed by atoms with E-state index in [9.17, 15) is 0 Å². The highest BCUT2D eigenvalue weighted by atomic mass is 15.3. The first-order valence-electron chi connectivity index (χ1n) is 11.1. The van der Waals surface area contributed by atoms with Crippen LogP contribution in [0.5, 0.6) is 0 Å². The van der Waals surface area contributed by atoms with Gasteiger partial charge < -0.3 is 10.6 Å². The van der Waals surface area contributed by atoms with Crippen molar-refractivity contribution in [2.24, 2.45) is 0 Å². The third-order valence-corrected chi connectivity index (χ3v) is 6.81. The number of hydrogen-bond acceptors (Lipinski definition) is 4. The Morgan fingerprint density at radius 3 is 1.04 bits per heavy atom. The summed E-state index contributed by atoms with van der Waals surface area (Å²) in [6, 6.07) is 2.59. The molecule has 4 atom stereocenters. The predicted molar refractivity (Wildman–Crippen MR) is 112 cm³/mol. The highest BCUT2D eigenvalue weighted by molar-refractivity contribution is 4.94. The maximum Gasteiger partial charge on any atom is 0.0198 e. The van der Waals surface area contributed by atoms with E-state index < -0.39 is 0 Å². The van der Waals surface area contributed by atoms with Gasteiger partial charge in [-0.15, -0.1) is 0 Å². The second-order valence-corrected chi connectivity index (χ2v) is 11.1. The molecule has 3 saturated heterocycles. The maximum atomic E-state index is 4.04. The van der Waals surface area contributed by atoms with Crippen LogP contribution in [0.3, 0.4) is 0 Å². The average molecular weight is 365 g/mol. The van der Waals surface area contributed by atoms with Crippen LogP contribution in [0, 0.1) is 0 Å². The van der Waals surface area contributed by atoms with E-state index in [1.54, 1.807) is 0 Å². The fourth-order valence-corrected chi connectivity index (χ4v) is 5.11. The van der Waals surface area contributed by atoms with Crippen LogP contribution < -0.4 is 10.6 Å². The van der Waals surface area contributed by atoms with Gasteiger partial charge in [-0.25, -0.2) is 0 Å². The lowest BCUT2D eigenvalue weighted by Gasteiger charge is -2.48. The van der Waals surface area contributed by atoms with Gasteiger partial charge in [0.1, 0.15) is 0 Å². The van der Waals surface area contributed by atoms with E-state index >= 15 is 0 Å². The van der Waals surface area contributed by atoms with Gasteiger partial charge in [0, 0.05) is 61.4 Å². The molecule has 4 unspecified atom stereocenters. The number of hydrogen-bond donors (Lipinski definition) is 2. The molecule has 0 aromatic rings. The molecule has 0 spiro atoms. The summed E-state index contributed by atoms with van der Waals surface area (Å²) in [5.41, 5.74) is 0.482. The molecule has 3 aliphatic rings. The molecule has 0 aromatic carbocycles. The van der Waals surface area contributed by atoms with Crippen molar-refractivity contribution in [1.29, 1.82) is 0 Å². The molecule has 4 heteroatoms. The molecule has 0 saturated carbocycles. The van der Waals surface area contributed by atoms with Gasteiger partial charge in [0.05, 0.1) is 0 Å². The third kappa shape index (κ3) is 5.43. The molecular weight excluding hydrogens is 320 g/mol. The molecule has 3 heterocycles. The minimum Gasteiger partial charge on any atom is -0.309 e. The first-order chi connectivity index (χ1) is 12.1. The van der Waals surface area contributed by atoms with Gasteiger partial charge in [0.25, 0.3) is 0 Å². The van der Waals surface area contributed by atoms with Gasteiger partial charge >= 0.3 is 0 Å². The van der Waals surface area contributed by atoms with Crippen molar-refractivity contribution in [3.63, 3.8) is 0 Å². The van der Waals surface area contributed by atoms with Crippen molar-refractivity contribution >= 4 is 0 Å². The summed E-state index contributed by atoms with van der Waals surface area (Å²) in [6.45, 7) is 19.1. The Balaban J connectivity index is 1.81. The smallest absolute Gasteiger partial charge is 0.0198 e. The Bertz CT molecular complexity index is 384. The lowest BCUT2D eigenvalue weighted by molar-refractivity contribution is 0.0521. The monoisotopic (exact) mass is 364 g/mol. The molecule has 4 nitrogen and oxygen atoms in total. The van der Waals surface area contributed by atoms with Gasteiger partial charge in [0.15, 0.2) is 0 Å². The van der Waals surface area contributed by atoms with Crippen LogP contribution in [-0.2, 0) is 0 Å². The molecule has 3 fully saturated rings. The van der Waals surface area contributed by atoms with E-state index in [1.807, 2.05) is 0 Å². The summed E-state index contributed by atoms with van der Waals surface area (Å²) in [6.07, 6.45) is 8.09. The fraction of sp³-hybridized carbons (Fsp3) is 1.00. The number of fused-ring (bicyclic) bond motifs is 4. The van der Waals surface area contributed by atoms with Gasteiger partial charge in [0.2, 0.25) is 0 Å². The van der Waals surface area contributed by atoms with Crippen molar-refractivity contribution in [2.75, 3.05) is 26.2 Å². The Kier molecular flexibility index (Phi) is 6.38. The predicted octanol–water partition coefficient (Wildman–Crippen LogP) is 3.22. The Morgan fingerprint density at radius 1 is 0.538 bits per heavy atom. The lowest BCUT2D eigenvalue weighted by atomic mass is 9.91. The second-order valence-electron chi connectivity index (χ2n) is 11.1. The normalized spacial score (nSPS) is 36.2. The molecule has 3 rings (SSSR count). The molecule has 3 aliphatic heterocycles. The van der Waals surface area contributed by atoms with E-state index in [1.165, 1.54) is 64.7 Å². The summed E-state index contributed by atoms with van der Waals surface area (Å²) >= 11 is 0. The number of rotatable bonds is 0. The summed E-state index contributed by atoms with van der Waals surface area (Å²) in [5.74, 6) is 0. The fourth-order valence-electron chi connectivity index (χ4n) is 5.11. The van der Waals surface area contributed by atoms with Crippen molar-refractivity contribution < 1.29 is 0 Å². The number of piperidine rings is 2. The molecule has 152 valence electrons. The molecule has 2 N–H and O–H groups in total. The van der Waals surface area contributed by atoms with Crippen molar-refractivity contribution in [3.8, 4) is 0 Å². The highest BCUT2D eigenvalue weighted by Gasteiger charge is 2.35. The molecule has 0 aliphatic carbocycles. The van der Waals surface area contributed by atoms with Crippen LogP contribution in [-0.4, -0.2) is 71.2 Å². The molecule has 0 radical (unpaired) electrons. The Morgan fingerprint density at radius 2 is 0.808 bits per heavy atom. The van der Waals surface area contributed by atoms with Gasteiger partial charge in [-0.1, -0.05) is 12.8 Å². The zero-order valence-corrected chi connectivity index (χ0v) is 18.3. The van der Waals surface area contributed by atoms with E-state index in [2.05, 4.69) is 62.0 Å². The van der Waals surface area contributed by atoms with Gasteiger partial charge in [-0.3, -0.25) is 9.80 Å². The van der Waals surface area contributed by atoms with Crippen molar-refractivity contribution in [2.45, 2.75) is 115 Å². The molecule has 0 amide bonds. The summed E-state index contributed by atoms with van der Waals surface area (Å²) in [7, 11) is 0. The maximum absolute atomic E-state index is 4.04. The zero-order valence-electron chi connectivity index (χ0n) is 18.3. The van der Waals surface area contributed by atoms with Gasteiger partial charge in [-0.2, -0.15) is 0 Å². The van der Waals surface area contributed by atoms with Crippen LogP contribution in [0.2, 0.25) is 0 Å². The van der Waals surface area contributed by atoms with Crippen LogP contribution in [0.15, 0.2) is 0 Å². The number of nitrogens with one attached hydrogen (secondary N) is 2. The van der Waals surface area contributed by atoms with E-state index in [0.29, 0.717) is 24.2 Å². The Labute approximate surface area is 162 Å². The second kappa shape index (κ2) is 8.06. The van der Waals surface area contributed by atoms with Crippen molar-refractivity contribution in [1.82, 2.24) is 20.4 Å². The highest BCUT2D eigenvalue weighted by Crippen LogP contribution is 2.25. The van der Waals surface area contributed by atoms with Gasteiger partial charge in [-0.05, 0) is 67.2 Å².